The van der Waals surface area contributed by atoms with Crippen molar-refractivity contribution in [3.8, 4) is 0 Å². The summed E-state index contributed by atoms with van der Waals surface area (Å²) in [6.45, 7) is 4.25. The van der Waals surface area contributed by atoms with Gasteiger partial charge in [0, 0.05) is 29.4 Å². The highest BCUT2D eigenvalue weighted by Crippen LogP contribution is 2.44. The van der Waals surface area contributed by atoms with E-state index in [0.717, 1.165) is 29.5 Å². The lowest BCUT2D eigenvalue weighted by molar-refractivity contribution is 0.163. The number of halogens is 2. The Morgan fingerprint density at radius 3 is 2.63 bits per heavy atom. The molecule has 0 fully saturated rings. The highest BCUT2D eigenvalue weighted by molar-refractivity contribution is 6.31. The number of aromatic amines is 1. The SMILES string of the molecule is CN(C(=O)Nc1ccc(F)c(Cl)c1)[C@@H]1CC(C)(C)Cc2[nH]c(=O)c3ccccc3c21. The first kappa shape index (κ1) is 20.4. The molecule has 0 saturated carbocycles. The summed E-state index contributed by atoms with van der Waals surface area (Å²) in [5.41, 5.74) is 2.04. The van der Waals surface area contributed by atoms with Crippen molar-refractivity contribution < 1.29 is 9.18 Å². The first-order chi connectivity index (χ1) is 14.2. The van der Waals surface area contributed by atoms with Crippen LogP contribution in [0.25, 0.3) is 10.8 Å². The molecule has 1 aromatic heterocycles. The van der Waals surface area contributed by atoms with E-state index in [1.807, 2.05) is 18.2 Å². The Labute approximate surface area is 178 Å². The molecule has 0 saturated heterocycles. The van der Waals surface area contributed by atoms with E-state index in [0.29, 0.717) is 11.1 Å². The van der Waals surface area contributed by atoms with E-state index in [1.165, 1.54) is 18.2 Å². The number of hydrogen-bond acceptors (Lipinski definition) is 2. The highest BCUT2D eigenvalue weighted by atomic mass is 35.5. The van der Waals surface area contributed by atoms with Crippen molar-refractivity contribution in [1.29, 1.82) is 0 Å². The van der Waals surface area contributed by atoms with Gasteiger partial charge in [-0.15, -0.1) is 0 Å². The minimum atomic E-state index is -0.540. The van der Waals surface area contributed by atoms with Crippen LogP contribution in [0, 0.1) is 11.2 Å². The zero-order valence-corrected chi connectivity index (χ0v) is 17.8. The molecule has 0 unspecified atom stereocenters. The van der Waals surface area contributed by atoms with E-state index in [-0.39, 0.29) is 28.1 Å². The summed E-state index contributed by atoms with van der Waals surface area (Å²) in [5, 5.41) is 4.21. The van der Waals surface area contributed by atoms with Crippen molar-refractivity contribution in [1.82, 2.24) is 9.88 Å². The number of nitrogens with zero attached hydrogens (tertiary/aromatic N) is 1. The molecule has 1 heterocycles. The van der Waals surface area contributed by atoms with Crippen molar-refractivity contribution in [2.75, 3.05) is 12.4 Å². The van der Waals surface area contributed by atoms with Crippen molar-refractivity contribution in [2.45, 2.75) is 32.7 Å². The molecule has 1 aliphatic rings. The molecular formula is C23H23ClFN3O2. The molecule has 3 aromatic rings. The number of rotatable bonds is 2. The number of H-pyrrole nitrogens is 1. The molecule has 2 aromatic carbocycles. The number of hydrogen-bond donors (Lipinski definition) is 2. The molecule has 7 heteroatoms. The van der Waals surface area contributed by atoms with Gasteiger partial charge >= 0.3 is 6.03 Å². The van der Waals surface area contributed by atoms with Gasteiger partial charge in [0.15, 0.2) is 0 Å². The van der Waals surface area contributed by atoms with E-state index in [1.54, 1.807) is 18.0 Å². The molecule has 0 spiro atoms. The van der Waals surface area contributed by atoms with Crippen LogP contribution in [-0.2, 0) is 6.42 Å². The van der Waals surface area contributed by atoms with Crippen LogP contribution in [0.15, 0.2) is 47.3 Å². The number of aromatic nitrogens is 1. The average molecular weight is 428 g/mol. The van der Waals surface area contributed by atoms with Crippen molar-refractivity contribution >= 4 is 34.1 Å². The maximum Gasteiger partial charge on any atom is 0.322 e. The maximum absolute atomic E-state index is 13.4. The van der Waals surface area contributed by atoms with Crippen LogP contribution in [0.5, 0.6) is 0 Å². The van der Waals surface area contributed by atoms with E-state index in [2.05, 4.69) is 24.1 Å². The van der Waals surface area contributed by atoms with Gasteiger partial charge < -0.3 is 15.2 Å². The summed E-state index contributed by atoms with van der Waals surface area (Å²) in [7, 11) is 1.73. The fourth-order valence-corrected chi connectivity index (χ4v) is 4.48. The third kappa shape index (κ3) is 3.67. The van der Waals surface area contributed by atoms with Crippen LogP contribution >= 0.6 is 11.6 Å². The minimum absolute atomic E-state index is 0.0526. The summed E-state index contributed by atoms with van der Waals surface area (Å²) in [6.07, 6.45) is 1.46. The molecule has 30 heavy (non-hydrogen) atoms. The number of anilines is 1. The van der Waals surface area contributed by atoms with Crippen molar-refractivity contribution in [3.63, 3.8) is 0 Å². The van der Waals surface area contributed by atoms with E-state index in [9.17, 15) is 14.0 Å². The lowest BCUT2D eigenvalue weighted by Crippen LogP contribution is -2.41. The Hall–Kier alpha value is -2.86. The second-order valence-corrected chi connectivity index (χ2v) is 9.03. The van der Waals surface area contributed by atoms with Gasteiger partial charge in [0.1, 0.15) is 5.82 Å². The van der Waals surface area contributed by atoms with Crippen LogP contribution in [0.3, 0.4) is 0 Å². The van der Waals surface area contributed by atoms with E-state index >= 15 is 0 Å². The molecular weight excluding hydrogens is 405 g/mol. The van der Waals surface area contributed by atoms with Crippen LogP contribution in [0.2, 0.25) is 5.02 Å². The van der Waals surface area contributed by atoms with Gasteiger partial charge in [-0.25, -0.2) is 9.18 Å². The molecule has 0 bridgehead atoms. The monoisotopic (exact) mass is 427 g/mol. The summed E-state index contributed by atoms with van der Waals surface area (Å²) < 4.78 is 13.4. The zero-order chi connectivity index (χ0) is 21.6. The summed E-state index contributed by atoms with van der Waals surface area (Å²) >= 11 is 5.84. The molecule has 0 aliphatic heterocycles. The van der Waals surface area contributed by atoms with Gasteiger partial charge in [-0.2, -0.15) is 0 Å². The molecule has 0 radical (unpaired) electrons. The van der Waals surface area contributed by atoms with Gasteiger partial charge in [0.2, 0.25) is 0 Å². The molecule has 5 nitrogen and oxygen atoms in total. The Bertz CT molecular complexity index is 1200. The minimum Gasteiger partial charge on any atom is -0.325 e. The largest absolute Gasteiger partial charge is 0.325 e. The van der Waals surface area contributed by atoms with Gasteiger partial charge in [0.25, 0.3) is 5.56 Å². The third-order valence-electron chi connectivity index (χ3n) is 5.74. The van der Waals surface area contributed by atoms with Crippen molar-refractivity contribution in [3.05, 3.63) is 74.9 Å². The first-order valence-corrected chi connectivity index (χ1v) is 10.2. The maximum atomic E-state index is 13.4. The number of carbonyl (C=O) groups is 1. The molecule has 2 N–H and O–H groups in total. The Balaban J connectivity index is 1.75. The predicted molar refractivity (Wildman–Crippen MR) is 118 cm³/mol. The lowest BCUT2D eigenvalue weighted by atomic mass is 9.72. The van der Waals surface area contributed by atoms with E-state index in [4.69, 9.17) is 11.6 Å². The van der Waals surface area contributed by atoms with Crippen LogP contribution in [0.1, 0.15) is 37.6 Å². The van der Waals surface area contributed by atoms with Gasteiger partial charge in [0.05, 0.1) is 11.1 Å². The fraction of sp³-hybridized carbons (Fsp3) is 0.304. The third-order valence-corrected chi connectivity index (χ3v) is 6.03. The lowest BCUT2D eigenvalue weighted by Gasteiger charge is -2.41. The number of carbonyl (C=O) groups excluding carboxylic acids is 1. The Morgan fingerprint density at radius 1 is 1.23 bits per heavy atom. The van der Waals surface area contributed by atoms with Gasteiger partial charge in [-0.05, 0) is 47.9 Å². The number of amides is 2. The van der Waals surface area contributed by atoms with Crippen LogP contribution in [-0.4, -0.2) is 23.0 Å². The van der Waals surface area contributed by atoms with Gasteiger partial charge in [-0.3, -0.25) is 4.79 Å². The number of pyridine rings is 1. The summed E-state index contributed by atoms with van der Waals surface area (Å²) in [5.74, 6) is -0.540. The quantitative estimate of drug-likeness (QED) is 0.567. The Morgan fingerprint density at radius 2 is 1.93 bits per heavy atom. The van der Waals surface area contributed by atoms with Crippen LogP contribution in [0.4, 0.5) is 14.9 Å². The zero-order valence-electron chi connectivity index (χ0n) is 17.1. The smallest absolute Gasteiger partial charge is 0.322 e. The number of nitrogens with one attached hydrogen (secondary N) is 2. The summed E-state index contributed by atoms with van der Waals surface area (Å²) in [4.78, 5) is 30.3. The predicted octanol–water partition coefficient (Wildman–Crippen LogP) is 5.50. The molecule has 1 aliphatic carbocycles. The second-order valence-electron chi connectivity index (χ2n) is 8.62. The van der Waals surface area contributed by atoms with Crippen LogP contribution < -0.4 is 10.9 Å². The highest BCUT2D eigenvalue weighted by Gasteiger charge is 2.37. The van der Waals surface area contributed by atoms with E-state index < -0.39 is 5.82 Å². The molecule has 156 valence electrons. The first-order valence-electron chi connectivity index (χ1n) is 9.79. The molecule has 4 rings (SSSR count). The average Bonchev–Trinajstić information content (AvgIpc) is 2.69. The molecule has 2 amide bonds. The molecule has 1 atom stereocenters. The number of benzene rings is 2. The Kier molecular flexibility index (Phi) is 5.06. The second kappa shape index (κ2) is 7.43. The number of urea groups is 1. The normalized spacial score (nSPS) is 17.4. The van der Waals surface area contributed by atoms with Gasteiger partial charge in [-0.1, -0.05) is 43.6 Å². The standard InChI is InChI=1S/C23H23ClFN3O2/c1-23(2)11-18-20(14-6-4-5-7-15(14)21(29)27-18)19(12-23)28(3)22(30)26-13-8-9-17(25)16(24)10-13/h4-10,19H,11-12H2,1-3H3,(H,26,30)(H,27,29)/t19-/m1/s1. The fourth-order valence-electron chi connectivity index (χ4n) is 4.30. The van der Waals surface area contributed by atoms with Crippen molar-refractivity contribution in [2.24, 2.45) is 5.41 Å². The summed E-state index contributed by atoms with van der Waals surface area (Å²) in [6, 6.07) is 11.0. The number of fused-ring (bicyclic) bond motifs is 3. The topological polar surface area (TPSA) is 65.2 Å².